The third-order valence-electron chi connectivity index (χ3n) is 3.06. The van der Waals surface area contributed by atoms with Crippen molar-refractivity contribution in [3.63, 3.8) is 0 Å². The van der Waals surface area contributed by atoms with Gasteiger partial charge >= 0.3 is 0 Å². The third-order valence-corrected chi connectivity index (χ3v) is 3.25. The number of piperidine rings is 1. The van der Waals surface area contributed by atoms with E-state index in [2.05, 4.69) is 4.98 Å². The molecule has 0 saturated carbocycles. The van der Waals surface area contributed by atoms with E-state index in [0.29, 0.717) is 17.9 Å². The van der Waals surface area contributed by atoms with E-state index < -0.39 is 0 Å². The topological polar surface area (TPSA) is 83.0 Å². The molecule has 1 aliphatic rings. The Bertz CT molecular complexity index is 511. The summed E-state index contributed by atoms with van der Waals surface area (Å²) in [6.45, 7) is 1.33. The maximum absolute atomic E-state index is 11.2. The number of nitrogens with zero attached hydrogens (tertiary/aromatic N) is 3. The minimum atomic E-state index is -0.290. The summed E-state index contributed by atoms with van der Waals surface area (Å²) in [6, 6.07) is 5.23. The molecule has 6 heteroatoms. The number of primary amides is 1. The van der Waals surface area contributed by atoms with Gasteiger partial charge in [0.05, 0.1) is 17.6 Å². The Morgan fingerprint density at radius 1 is 1.61 bits per heavy atom. The molecule has 1 aliphatic heterocycles. The van der Waals surface area contributed by atoms with Crippen molar-refractivity contribution in [2.24, 2.45) is 11.7 Å². The number of amides is 1. The van der Waals surface area contributed by atoms with Gasteiger partial charge in [-0.15, -0.1) is 0 Å². The van der Waals surface area contributed by atoms with Gasteiger partial charge in [0.25, 0.3) is 0 Å². The summed E-state index contributed by atoms with van der Waals surface area (Å²) in [5, 5.41) is 9.18. The molecule has 1 unspecified atom stereocenters. The Morgan fingerprint density at radius 2 is 2.39 bits per heavy atom. The molecule has 0 spiro atoms. The summed E-state index contributed by atoms with van der Waals surface area (Å²) in [5.41, 5.74) is 5.79. The van der Waals surface area contributed by atoms with Crippen molar-refractivity contribution in [1.82, 2.24) is 4.98 Å². The standard InChI is InChI=1S/C12H13ClN4O/c13-10-4-8(6-14)5-11(16-10)17-3-1-2-9(7-17)12(15)18/h4-5,9H,1-3,7H2,(H2,15,18). The zero-order valence-electron chi connectivity index (χ0n) is 9.77. The quantitative estimate of drug-likeness (QED) is 0.817. The van der Waals surface area contributed by atoms with Crippen LogP contribution in [0.3, 0.4) is 0 Å². The molecule has 1 aromatic heterocycles. The Labute approximate surface area is 110 Å². The zero-order valence-corrected chi connectivity index (χ0v) is 10.5. The fourth-order valence-corrected chi connectivity index (χ4v) is 2.33. The van der Waals surface area contributed by atoms with Crippen LogP contribution in [0, 0.1) is 17.2 Å². The largest absolute Gasteiger partial charge is 0.369 e. The number of hydrogen-bond acceptors (Lipinski definition) is 4. The van der Waals surface area contributed by atoms with Gasteiger partial charge in [-0.05, 0) is 25.0 Å². The fraction of sp³-hybridized carbons (Fsp3) is 0.417. The molecule has 18 heavy (non-hydrogen) atoms. The van der Waals surface area contributed by atoms with Gasteiger partial charge in [0.1, 0.15) is 11.0 Å². The molecule has 1 atom stereocenters. The van der Waals surface area contributed by atoms with Crippen LogP contribution in [0.25, 0.3) is 0 Å². The maximum Gasteiger partial charge on any atom is 0.222 e. The fourth-order valence-electron chi connectivity index (χ4n) is 2.13. The second-order valence-electron chi connectivity index (χ2n) is 4.34. The Morgan fingerprint density at radius 3 is 3.06 bits per heavy atom. The lowest BCUT2D eigenvalue weighted by Gasteiger charge is -2.32. The summed E-state index contributed by atoms with van der Waals surface area (Å²) in [5.74, 6) is 0.178. The van der Waals surface area contributed by atoms with Crippen LogP contribution in [-0.2, 0) is 4.79 Å². The monoisotopic (exact) mass is 264 g/mol. The lowest BCUT2D eigenvalue weighted by Crippen LogP contribution is -2.41. The normalized spacial score (nSPS) is 19.3. The maximum atomic E-state index is 11.2. The van der Waals surface area contributed by atoms with Crippen molar-refractivity contribution < 1.29 is 4.79 Å². The van der Waals surface area contributed by atoms with Crippen LogP contribution in [0.4, 0.5) is 5.82 Å². The van der Waals surface area contributed by atoms with E-state index in [9.17, 15) is 4.79 Å². The van der Waals surface area contributed by atoms with Crippen molar-refractivity contribution in [3.8, 4) is 6.07 Å². The third kappa shape index (κ3) is 2.71. The Balaban J connectivity index is 2.23. The number of rotatable bonds is 2. The van der Waals surface area contributed by atoms with Crippen LogP contribution in [0.2, 0.25) is 5.15 Å². The molecule has 2 heterocycles. The number of halogens is 1. The van der Waals surface area contributed by atoms with E-state index in [0.717, 1.165) is 19.4 Å². The van der Waals surface area contributed by atoms with Crippen LogP contribution in [0.1, 0.15) is 18.4 Å². The van der Waals surface area contributed by atoms with Crippen LogP contribution in [0.5, 0.6) is 0 Å². The highest BCUT2D eigenvalue weighted by atomic mass is 35.5. The van der Waals surface area contributed by atoms with E-state index in [1.807, 2.05) is 11.0 Å². The molecular weight excluding hydrogens is 252 g/mol. The lowest BCUT2D eigenvalue weighted by molar-refractivity contribution is -0.122. The van der Waals surface area contributed by atoms with Crippen LogP contribution >= 0.6 is 11.6 Å². The lowest BCUT2D eigenvalue weighted by atomic mass is 9.97. The summed E-state index contributed by atoms with van der Waals surface area (Å²) in [4.78, 5) is 17.4. The van der Waals surface area contributed by atoms with Gasteiger partial charge in [-0.2, -0.15) is 5.26 Å². The van der Waals surface area contributed by atoms with Gasteiger partial charge in [0.2, 0.25) is 5.91 Å². The molecule has 2 N–H and O–H groups in total. The SMILES string of the molecule is N#Cc1cc(Cl)nc(N2CCCC(C(N)=O)C2)c1. The van der Waals surface area contributed by atoms with E-state index in [4.69, 9.17) is 22.6 Å². The molecule has 0 aromatic carbocycles. The summed E-state index contributed by atoms with van der Waals surface area (Å²) >= 11 is 5.87. The van der Waals surface area contributed by atoms with Crippen molar-refractivity contribution in [3.05, 3.63) is 22.8 Å². The first kappa shape index (κ1) is 12.7. The van der Waals surface area contributed by atoms with Crippen LogP contribution < -0.4 is 10.6 Å². The van der Waals surface area contributed by atoms with Crippen molar-refractivity contribution in [2.45, 2.75) is 12.8 Å². The number of nitrogens with two attached hydrogens (primary N) is 1. The molecule has 0 aliphatic carbocycles. The molecule has 1 fully saturated rings. The second kappa shape index (κ2) is 5.23. The van der Waals surface area contributed by atoms with Crippen molar-refractivity contribution in [1.29, 1.82) is 5.26 Å². The minimum absolute atomic E-state index is 0.162. The number of aromatic nitrogens is 1. The molecule has 0 bridgehead atoms. The number of carbonyl (C=O) groups is 1. The minimum Gasteiger partial charge on any atom is -0.369 e. The summed E-state index contributed by atoms with van der Waals surface area (Å²) in [6.07, 6.45) is 1.68. The average molecular weight is 265 g/mol. The van der Waals surface area contributed by atoms with Gasteiger partial charge in [0, 0.05) is 13.1 Å². The first-order chi connectivity index (χ1) is 8.60. The molecule has 0 radical (unpaired) electrons. The summed E-state index contributed by atoms with van der Waals surface area (Å²) in [7, 11) is 0. The average Bonchev–Trinajstić information content (AvgIpc) is 2.38. The van der Waals surface area contributed by atoms with E-state index in [1.54, 1.807) is 6.07 Å². The number of hydrogen-bond donors (Lipinski definition) is 1. The Hall–Kier alpha value is -1.80. The highest BCUT2D eigenvalue weighted by molar-refractivity contribution is 6.29. The van der Waals surface area contributed by atoms with Crippen LogP contribution in [0.15, 0.2) is 12.1 Å². The first-order valence-electron chi connectivity index (χ1n) is 5.72. The van der Waals surface area contributed by atoms with E-state index in [-0.39, 0.29) is 17.0 Å². The van der Waals surface area contributed by atoms with Crippen LogP contribution in [-0.4, -0.2) is 24.0 Å². The second-order valence-corrected chi connectivity index (χ2v) is 4.72. The van der Waals surface area contributed by atoms with Gasteiger partial charge in [-0.3, -0.25) is 4.79 Å². The van der Waals surface area contributed by atoms with Gasteiger partial charge < -0.3 is 10.6 Å². The van der Waals surface area contributed by atoms with E-state index in [1.165, 1.54) is 6.07 Å². The predicted molar refractivity (Wildman–Crippen MR) is 68.1 cm³/mol. The molecule has 2 rings (SSSR count). The van der Waals surface area contributed by atoms with E-state index >= 15 is 0 Å². The highest BCUT2D eigenvalue weighted by Gasteiger charge is 2.25. The summed E-state index contributed by atoms with van der Waals surface area (Å²) < 4.78 is 0. The number of nitriles is 1. The number of carbonyl (C=O) groups excluding carboxylic acids is 1. The molecule has 1 saturated heterocycles. The molecule has 5 nitrogen and oxygen atoms in total. The molecule has 1 aromatic rings. The van der Waals surface area contributed by atoms with Gasteiger partial charge in [-0.1, -0.05) is 11.6 Å². The molecular formula is C12H13ClN4O. The molecule has 94 valence electrons. The van der Waals surface area contributed by atoms with Crippen molar-refractivity contribution in [2.75, 3.05) is 18.0 Å². The Kier molecular flexibility index (Phi) is 3.68. The first-order valence-corrected chi connectivity index (χ1v) is 6.10. The number of pyridine rings is 1. The highest BCUT2D eigenvalue weighted by Crippen LogP contribution is 2.24. The van der Waals surface area contributed by atoms with Crippen molar-refractivity contribution >= 4 is 23.3 Å². The van der Waals surface area contributed by atoms with Gasteiger partial charge in [0.15, 0.2) is 0 Å². The number of anilines is 1. The zero-order chi connectivity index (χ0) is 13.1. The van der Waals surface area contributed by atoms with Gasteiger partial charge in [-0.25, -0.2) is 4.98 Å². The molecule has 1 amide bonds. The predicted octanol–water partition coefficient (Wildman–Crippen LogP) is 1.31. The smallest absolute Gasteiger partial charge is 0.222 e.